The molecule has 1 aliphatic heterocycles. The van der Waals surface area contributed by atoms with Gasteiger partial charge in [0.25, 0.3) is 11.8 Å². The van der Waals surface area contributed by atoms with E-state index in [1.807, 2.05) is 13.8 Å². The summed E-state index contributed by atoms with van der Waals surface area (Å²) in [5.74, 6) is -0.806. The topological polar surface area (TPSA) is 46.6 Å². The molecule has 0 aliphatic carbocycles. The molecule has 0 unspecified atom stereocenters. The van der Waals surface area contributed by atoms with Crippen LogP contribution < -0.4 is 4.74 Å². The van der Waals surface area contributed by atoms with Crippen molar-refractivity contribution in [2.24, 2.45) is 0 Å². The normalized spacial score (nSPS) is 14.9. The number of nitrogens with zero attached hydrogens (tertiary/aromatic N) is 1. The number of benzene rings is 2. The van der Waals surface area contributed by atoms with Crippen molar-refractivity contribution >= 4 is 29.0 Å². The summed E-state index contributed by atoms with van der Waals surface area (Å²) >= 11 is 6.10. The van der Waals surface area contributed by atoms with E-state index in [4.69, 9.17) is 16.3 Å². The van der Waals surface area contributed by atoms with Gasteiger partial charge in [0.1, 0.15) is 10.8 Å². The molecule has 8 heteroatoms. The highest BCUT2D eigenvalue weighted by Gasteiger charge is 2.38. The summed E-state index contributed by atoms with van der Waals surface area (Å²) in [4.78, 5) is 26.1. The quantitative estimate of drug-likeness (QED) is 0.635. The highest BCUT2D eigenvalue weighted by atomic mass is 35.5. The van der Waals surface area contributed by atoms with Crippen LogP contribution in [0.2, 0.25) is 0 Å². The molecule has 0 N–H and O–H groups in total. The van der Waals surface area contributed by atoms with Gasteiger partial charge in [-0.25, -0.2) is 0 Å². The third-order valence-electron chi connectivity index (χ3n) is 4.22. The molecule has 2 aromatic rings. The van der Waals surface area contributed by atoms with Gasteiger partial charge in [0.05, 0.1) is 23.8 Å². The number of imide groups is 1. The molecule has 2 aromatic carbocycles. The molecule has 1 heterocycles. The van der Waals surface area contributed by atoms with Crippen molar-refractivity contribution in [3.63, 3.8) is 0 Å². The average Bonchev–Trinajstić information content (AvgIpc) is 2.85. The molecule has 2 amide bonds. The highest BCUT2D eigenvalue weighted by molar-refractivity contribution is 6.55. The molecular weight excluding hydrogens is 407 g/mol. The van der Waals surface area contributed by atoms with E-state index in [1.165, 1.54) is 12.1 Å². The van der Waals surface area contributed by atoms with Crippen LogP contribution in [0.25, 0.3) is 5.57 Å². The van der Waals surface area contributed by atoms with E-state index < -0.39 is 23.6 Å². The second-order valence-electron chi connectivity index (χ2n) is 6.77. The second-order valence-corrected chi connectivity index (χ2v) is 7.15. The molecule has 0 fully saturated rings. The van der Waals surface area contributed by atoms with Crippen molar-refractivity contribution < 1.29 is 27.5 Å². The lowest BCUT2D eigenvalue weighted by Gasteiger charge is -2.16. The minimum Gasteiger partial charge on any atom is -0.491 e. The van der Waals surface area contributed by atoms with Crippen molar-refractivity contribution in [3.05, 3.63) is 70.3 Å². The van der Waals surface area contributed by atoms with Crippen LogP contribution in [0.3, 0.4) is 0 Å². The monoisotopic (exact) mass is 423 g/mol. The van der Waals surface area contributed by atoms with E-state index in [2.05, 4.69) is 0 Å². The van der Waals surface area contributed by atoms with Gasteiger partial charge >= 0.3 is 6.18 Å². The number of hydrogen-bond donors (Lipinski definition) is 0. The van der Waals surface area contributed by atoms with Gasteiger partial charge in [-0.05, 0) is 49.2 Å². The van der Waals surface area contributed by atoms with Gasteiger partial charge in [0.15, 0.2) is 0 Å². The molecule has 4 nitrogen and oxygen atoms in total. The van der Waals surface area contributed by atoms with Crippen LogP contribution in [0, 0.1) is 0 Å². The van der Waals surface area contributed by atoms with Gasteiger partial charge in [0, 0.05) is 0 Å². The van der Waals surface area contributed by atoms with Gasteiger partial charge in [-0.3, -0.25) is 14.5 Å². The van der Waals surface area contributed by atoms with Crippen molar-refractivity contribution in [1.82, 2.24) is 4.90 Å². The molecule has 0 spiro atoms. The Morgan fingerprint density at radius 1 is 1.03 bits per heavy atom. The van der Waals surface area contributed by atoms with E-state index in [1.54, 1.807) is 24.3 Å². The van der Waals surface area contributed by atoms with Crippen LogP contribution in [0.4, 0.5) is 13.2 Å². The first-order chi connectivity index (χ1) is 13.6. The molecular formula is C21H17ClF3NO3. The number of rotatable bonds is 5. The maximum Gasteiger partial charge on any atom is 0.416 e. The minimum absolute atomic E-state index is 0.0136. The first-order valence-electron chi connectivity index (χ1n) is 8.77. The van der Waals surface area contributed by atoms with Gasteiger partial charge < -0.3 is 4.74 Å². The SMILES string of the molecule is CC(C)Oc1ccc(C2=C(Cl)C(=O)N(Cc3cccc(C(F)(F)F)c3)C2=O)cc1. The largest absolute Gasteiger partial charge is 0.491 e. The summed E-state index contributed by atoms with van der Waals surface area (Å²) in [6.45, 7) is 3.44. The summed E-state index contributed by atoms with van der Waals surface area (Å²) in [6.07, 6.45) is -4.54. The summed E-state index contributed by atoms with van der Waals surface area (Å²) in [5.41, 5.74) is -0.238. The maximum absolute atomic E-state index is 12.9. The zero-order valence-electron chi connectivity index (χ0n) is 15.6. The van der Waals surface area contributed by atoms with Gasteiger partial charge in [-0.15, -0.1) is 0 Å². The number of halogens is 4. The van der Waals surface area contributed by atoms with Crippen LogP contribution in [0.1, 0.15) is 30.5 Å². The summed E-state index contributed by atoms with van der Waals surface area (Å²) in [6, 6.07) is 11.0. The molecule has 152 valence electrons. The average molecular weight is 424 g/mol. The molecule has 0 saturated heterocycles. The molecule has 0 radical (unpaired) electrons. The summed E-state index contributed by atoms with van der Waals surface area (Å²) in [7, 11) is 0. The molecule has 0 bridgehead atoms. The fourth-order valence-electron chi connectivity index (χ4n) is 2.94. The van der Waals surface area contributed by atoms with E-state index in [9.17, 15) is 22.8 Å². The Labute approximate surface area is 170 Å². The Hall–Kier alpha value is -2.80. The van der Waals surface area contributed by atoms with Crippen LogP contribution in [0.5, 0.6) is 5.75 Å². The van der Waals surface area contributed by atoms with E-state index in [-0.39, 0.29) is 28.8 Å². The molecule has 29 heavy (non-hydrogen) atoms. The Balaban J connectivity index is 1.84. The molecule has 0 aromatic heterocycles. The van der Waals surface area contributed by atoms with E-state index in [0.29, 0.717) is 11.3 Å². The summed E-state index contributed by atoms with van der Waals surface area (Å²) < 4.78 is 44.3. The van der Waals surface area contributed by atoms with Crippen molar-refractivity contribution in [2.45, 2.75) is 32.7 Å². The zero-order valence-corrected chi connectivity index (χ0v) is 16.3. The lowest BCUT2D eigenvalue weighted by atomic mass is 10.1. The smallest absolute Gasteiger partial charge is 0.416 e. The second kappa shape index (κ2) is 7.91. The molecule has 1 aliphatic rings. The van der Waals surface area contributed by atoms with E-state index in [0.717, 1.165) is 17.0 Å². The van der Waals surface area contributed by atoms with Crippen molar-refractivity contribution in [1.29, 1.82) is 0 Å². The lowest BCUT2D eigenvalue weighted by molar-refractivity contribution is -0.137. The molecule has 3 rings (SSSR count). The third-order valence-corrected chi connectivity index (χ3v) is 4.57. The predicted octanol–water partition coefficient (Wildman–Crippen LogP) is 5.01. The first-order valence-corrected chi connectivity index (χ1v) is 9.15. The fraction of sp³-hybridized carbons (Fsp3) is 0.238. The molecule has 0 atom stereocenters. The number of hydrogen-bond acceptors (Lipinski definition) is 3. The Morgan fingerprint density at radius 2 is 1.69 bits per heavy atom. The van der Waals surface area contributed by atoms with Crippen molar-refractivity contribution in [3.8, 4) is 5.75 Å². The Morgan fingerprint density at radius 3 is 2.28 bits per heavy atom. The van der Waals surface area contributed by atoms with Gasteiger partial charge in [0.2, 0.25) is 0 Å². The van der Waals surface area contributed by atoms with E-state index >= 15 is 0 Å². The number of alkyl halides is 3. The maximum atomic E-state index is 12.9. The number of amides is 2. The van der Waals surface area contributed by atoms with Crippen LogP contribution in [-0.2, 0) is 22.3 Å². The fourth-order valence-corrected chi connectivity index (χ4v) is 3.23. The van der Waals surface area contributed by atoms with Crippen LogP contribution in [-0.4, -0.2) is 22.8 Å². The Bertz CT molecular complexity index is 981. The van der Waals surface area contributed by atoms with Crippen molar-refractivity contribution in [2.75, 3.05) is 0 Å². The standard InChI is InChI=1S/C21H17ClF3NO3/c1-12(2)29-16-8-6-14(7-9-16)17-18(22)20(28)26(19(17)27)11-13-4-3-5-15(10-13)21(23,24)25/h3-10,12H,11H2,1-2H3. The first kappa shape index (κ1) is 20.9. The van der Waals surface area contributed by atoms with Gasteiger partial charge in [-0.2, -0.15) is 13.2 Å². The summed E-state index contributed by atoms with van der Waals surface area (Å²) in [5, 5.41) is -0.264. The minimum atomic E-state index is -4.52. The highest BCUT2D eigenvalue weighted by Crippen LogP contribution is 2.34. The predicted molar refractivity (Wildman–Crippen MR) is 102 cm³/mol. The number of carbonyl (C=O) groups excluding carboxylic acids is 2. The third kappa shape index (κ3) is 4.45. The Kier molecular flexibility index (Phi) is 5.71. The van der Waals surface area contributed by atoms with Gasteiger partial charge in [-0.1, -0.05) is 35.9 Å². The molecule has 0 saturated carbocycles. The zero-order chi connectivity index (χ0) is 21.3. The number of carbonyl (C=O) groups is 2. The lowest BCUT2D eigenvalue weighted by Crippen LogP contribution is -2.30. The van der Waals surface area contributed by atoms with Crippen LogP contribution in [0.15, 0.2) is 53.6 Å². The van der Waals surface area contributed by atoms with Crippen LogP contribution >= 0.6 is 11.6 Å². The number of ether oxygens (including phenoxy) is 1.